The second-order valence-corrected chi connectivity index (χ2v) is 8.88. The molecule has 2 unspecified atom stereocenters. The number of carbonyl (C=O) groups excluding carboxylic acids is 2. The van der Waals surface area contributed by atoms with Crippen molar-refractivity contribution in [1.82, 2.24) is 0 Å². The lowest BCUT2D eigenvalue weighted by Crippen LogP contribution is -2.58. The van der Waals surface area contributed by atoms with E-state index < -0.39 is 60.4 Å². The third kappa shape index (κ3) is 7.01. The van der Waals surface area contributed by atoms with E-state index >= 15 is 0 Å². The molecule has 0 amide bonds. The van der Waals surface area contributed by atoms with Gasteiger partial charge in [0.05, 0.1) is 20.3 Å². The maximum Gasteiger partial charge on any atom is 0.335 e. The summed E-state index contributed by atoms with van der Waals surface area (Å²) in [4.78, 5) is 36.7. The van der Waals surface area contributed by atoms with E-state index in [1.807, 2.05) is 0 Å². The molecular weight excluding hydrogens is 532 g/mol. The van der Waals surface area contributed by atoms with Crippen LogP contribution >= 0.6 is 0 Å². The minimum Gasteiger partial charge on any atom is -0.504 e. The number of hydrogen-bond donors (Lipinski definition) is 6. The van der Waals surface area contributed by atoms with Crippen LogP contribution in [0.1, 0.15) is 24.0 Å². The predicted octanol–water partition coefficient (Wildman–Crippen LogP) is 1.34. The summed E-state index contributed by atoms with van der Waals surface area (Å²) in [6.07, 6.45) is -1.75. The fourth-order valence-electron chi connectivity index (χ4n) is 4.02. The molecule has 0 bridgehead atoms. The van der Waals surface area contributed by atoms with Crippen LogP contribution in [0.3, 0.4) is 0 Å². The number of aliphatic hydroxyl groups excluding tert-OH is 1. The van der Waals surface area contributed by atoms with Crippen LogP contribution in [0.2, 0.25) is 0 Å². The average Bonchev–Trinajstić information content (AvgIpc) is 2.90. The van der Waals surface area contributed by atoms with Gasteiger partial charge in [-0.2, -0.15) is 0 Å². The number of carboxylic acid groups (broad SMARTS) is 1. The summed E-state index contributed by atoms with van der Waals surface area (Å²) in [5.74, 6) is -4.58. The number of phenolic OH excluding ortho intramolecular Hbond substituents is 3. The van der Waals surface area contributed by atoms with Gasteiger partial charge in [-0.15, -0.1) is 0 Å². The van der Waals surface area contributed by atoms with Crippen molar-refractivity contribution >= 4 is 30.1 Å². The lowest BCUT2D eigenvalue weighted by molar-refractivity contribution is -0.204. The average molecular weight is 561 g/mol. The lowest BCUT2D eigenvalue weighted by Gasteiger charge is -2.40. The number of carboxylic acids is 1. The zero-order valence-electron chi connectivity index (χ0n) is 21.4. The molecule has 0 saturated heterocycles. The van der Waals surface area contributed by atoms with Gasteiger partial charge in [0.1, 0.15) is 6.10 Å². The van der Waals surface area contributed by atoms with Crippen molar-refractivity contribution in [1.29, 1.82) is 0 Å². The highest BCUT2D eigenvalue weighted by molar-refractivity contribution is 5.88. The number of rotatable bonds is 9. The summed E-state index contributed by atoms with van der Waals surface area (Å²) in [6.45, 7) is 0. The molecule has 4 atom stereocenters. The summed E-state index contributed by atoms with van der Waals surface area (Å²) in [5.41, 5.74) is -1.77. The number of ether oxygens (including phenoxy) is 4. The molecule has 40 heavy (non-hydrogen) atoms. The minimum atomic E-state index is -2.46. The van der Waals surface area contributed by atoms with Crippen LogP contribution in [-0.4, -0.2) is 86.7 Å². The van der Waals surface area contributed by atoms with E-state index in [9.17, 15) is 45.0 Å². The molecule has 6 N–H and O–H groups in total. The normalized spacial score (nSPS) is 22.6. The van der Waals surface area contributed by atoms with E-state index in [-0.39, 0.29) is 23.0 Å². The van der Waals surface area contributed by atoms with Crippen LogP contribution < -0.4 is 9.47 Å². The highest BCUT2D eigenvalue weighted by atomic mass is 16.6. The molecule has 1 aliphatic rings. The molecule has 214 valence electrons. The Bertz CT molecular complexity index is 1310. The van der Waals surface area contributed by atoms with E-state index in [4.69, 9.17) is 18.9 Å². The molecule has 1 fully saturated rings. The molecule has 2 aromatic carbocycles. The van der Waals surface area contributed by atoms with Crippen molar-refractivity contribution < 1.29 is 64.0 Å². The molecule has 1 aliphatic carbocycles. The molecule has 0 aliphatic heterocycles. The van der Waals surface area contributed by atoms with Gasteiger partial charge in [0.15, 0.2) is 34.7 Å². The van der Waals surface area contributed by atoms with Crippen LogP contribution in [0.25, 0.3) is 12.2 Å². The molecule has 2 aromatic rings. The number of aliphatic carboxylic acids is 1. The van der Waals surface area contributed by atoms with Gasteiger partial charge < -0.3 is 49.6 Å². The summed E-state index contributed by atoms with van der Waals surface area (Å²) in [5, 5.41) is 59.5. The number of aliphatic hydroxyl groups is 2. The van der Waals surface area contributed by atoms with Crippen molar-refractivity contribution in [3.8, 4) is 28.7 Å². The Morgan fingerprint density at radius 3 is 1.98 bits per heavy atom. The Hall–Kier alpha value is -4.75. The van der Waals surface area contributed by atoms with E-state index in [0.29, 0.717) is 11.1 Å². The zero-order valence-corrected chi connectivity index (χ0v) is 21.4. The van der Waals surface area contributed by atoms with Gasteiger partial charge in [-0.05, 0) is 47.5 Å². The first-order valence-electron chi connectivity index (χ1n) is 11.7. The SMILES string of the molecule is COc1cc(/C=C/C(=O)OC2C(O)C[C@@](O)(C(=O)O)C[C@H]2OC(=O)/C=C/c2ccc(O)c(O)c2)cc(OC)c1O. The van der Waals surface area contributed by atoms with Gasteiger partial charge in [0, 0.05) is 25.0 Å². The second-order valence-electron chi connectivity index (χ2n) is 8.88. The van der Waals surface area contributed by atoms with Crippen LogP contribution in [0, 0.1) is 0 Å². The molecule has 1 saturated carbocycles. The Labute approximate surface area is 227 Å². The van der Waals surface area contributed by atoms with Crippen molar-refractivity contribution in [3.63, 3.8) is 0 Å². The van der Waals surface area contributed by atoms with E-state index in [0.717, 1.165) is 12.2 Å². The van der Waals surface area contributed by atoms with Crippen molar-refractivity contribution in [2.45, 2.75) is 36.8 Å². The Morgan fingerprint density at radius 1 is 0.850 bits per heavy atom. The Kier molecular flexibility index (Phi) is 9.24. The summed E-state index contributed by atoms with van der Waals surface area (Å²) in [7, 11) is 2.65. The number of phenols is 3. The number of esters is 2. The van der Waals surface area contributed by atoms with Gasteiger partial charge in [-0.25, -0.2) is 14.4 Å². The quantitative estimate of drug-likeness (QED) is 0.145. The van der Waals surface area contributed by atoms with Gasteiger partial charge in [0.25, 0.3) is 0 Å². The largest absolute Gasteiger partial charge is 0.504 e. The Morgan fingerprint density at radius 2 is 1.43 bits per heavy atom. The van der Waals surface area contributed by atoms with Crippen LogP contribution in [0.5, 0.6) is 28.7 Å². The zero-order chi connectivity index (χ0) is 29.6. The fraction of sp³-hybridized carbons (Fsp3) is 0.296. The van der Waals surface area contributed by atoms with E-state index in [2.05, 4.69) is 0 Å². The highest BCUT2D eigenvalue weighted by Gasteiger charge is 2.52. The molecule has 13 nitrogen and oxygen atoms in total. The summed E-state index contributed by atoms with van der Waals surface area (Å²) in [6, 6.07) is 6.58. The molecule has 0 aromatic heterocycles. The van der Waals surface area contributed by atoms with Crippen molar-refractivity contribution in [2.24, 2.45) is 0 Å². The fourth-order valence-corrected chi connectivity index (χ4v) is 4.02. The third-order valence-corrected chi connectivity index (χ3v) is 6.07. The van der Waals surface area contributed by atoms with Gasteiger partial charge in [0.2, 0.25) is 5.75 Å². The highest BCUT2D eigenvalue weighted by Crippen LogP contribution is 2.37. The molecule has 0 spiro atoms. The number of benzene rings is 2. The number of methoxy groups -OCH3 is 2. The summed E-state index contributed by atoms with van der Waals surface area (Å²) >= 11 is 0. The van der Waals surface area contributed by atoms with Crippen LogP contribution in [-0.2, 0) is 23.9 Å². The minimum absolute atomic E-state index is 0.0746. The summed E-state index contributed by atoms with van der Waals surface area (Å²) < 4.78 is 20.7. The molecule has 13 heteroatoms. The van der Waals surface area contributed by atoms with Crippen molar-refractivity contribution in [3.05, 3.63) is 53.6 Å². The standard InChI is InChI=1S/C27H28O13/c1-37-19-10-15(11-20(38-2)24(19)33)5-8-23(32)40-25-18(30)12-27(36,26(34)35)13-21(25)39-22(31)7-4-14-3-6-16(28)17(29)9-14/h3-11,18,21,25,28-30,33,36H,12-13H2,1-2H3,(H,34,35)/b7-4+,8-5+/t18?,21-,25?,27+/m1/s1. The lowest BCUT2D eigenvalue weighted by atomic mass is 9.79. The molecular formula is C27H28O13. The van der Waals surface area contributed by atoms with Gasteiger partial charge >= 0.3 is 17.9 Å². The predicted molar refractivity (Wildman–Crippen MR) is 137 cm³/mol. The third-order valence-electron chi connectivity index (χ3n) is 6.07. The maximum absolute atomic E-state index is 12.6. The maximum atomic E-state index is 12.6. The molecule has 3 rings (SSSR count). The smallest absolute Gasteiger partial charge is 0.335 e. The number of carbonyl (C=O) groups is 3. The van der Waals surface area contributed by atoms with Gasteiger partial charge in [-0.3, -0.25) is 0 Å². The monoisotopic (exact) mass is 560 g/mol. The first kappa shape index (κ1) is 29.8. The molecule has 0 heterocycles. The first-order valence-corrected chi connectivity index (χ1v) is 11.7. The topological polar surface area (TPSA) is 210 Å². The van der Waals surface area contributed by atoms with Crippen LogP contribution in [0.4, 0.5) is 0 Å². The Balaban J connectivity index is 1.78. The first-order chi connectivity index (χ1) is 18.9. The van der Waals surface area contributed by atoms with E-state index in [1.165, 1.54) is 56.7 Å². The van der Waals surface area contributed by atoms with E-state index in [1.54, 1.807) is 0 Å². The van der Waals surface area contributed by atoms with Crippen LogP contribution in [0.15, 0.2) is 42.5 Å². The van der Waals surface area contributed by atoms with Crippen molar-refractivity contribution in [2.75, 3.05) is 14.2 Å². The number of hydrogen-bond acceptors (Lipinski definition) is 12. The number of aromatic hydroxyl groups is 3. The van der Waals surface area contributed by atoms with Gasteiger partial charge in [-0.1, -0.05) is 6.07 Å². The second kappa shape index (κ2) is 12.4. The molecule has 0 radical (unpaired) electrons.